The maximum absolute atomic E-state index is 13.3. The van der Waals surface area contributed by atoms with Gasteiger partial charge in [-0.3, -0.25) is 4.79 Å². The van der Waals surface area contributed by atoms with Crippen molar-refractivity contribution in [3.05, 3.63) is 47.1 Å². The van der Waals surface area contributed by atoms with Gasteiger partial charge in [-0.25, -0.2) is 0 Å². The number of nitrogens with zero attached hydrogens (tertiary/aromatic N) is 4. The van der Waals surface area contributed by atoms with Gasteiger partial charge in [0, 0.05) is 24.8 Å². The quantitative estimate of drug-likeness (QED) is 0.263. The highest BCUT2D eigenvalue weighted by molar-refractivity contribution is 5.95. The van der Waals surface area contributed by atoms with Crippen LogP contribution in [0.25, 0.3) is 5.65 Å². The summed E-state index contributed by atoms with van der Waals surface area (Å²) in [5.74, 6) is 0.921. The van der Waals surface area contributed by atoms with Crippen molar-refractivity contribution in [3.8, 4) is 11.6 Å². The molecule has 0 aliphatic carbocycles. The summed E-state index contributed by atoms with van der Waals surface area (Å²) in [6, 6.07) is 9.11. The molecule has 184 valence electrons. The van der Waals surface area contributed by atoms with Crippen molar-refractivity contribution in [2.45, 2.75) is 65.5 Å². The maximum Gasteiger partial charge on any atom is 0.317 e. The average Bonchev–Trinajstić information content (AvgIpc) is 3.11. The minimum atomic E-state index is -0.159. The molecular formula is C25H35N5O4. The van der Waals surface area contributed by atoms with Gasteiger partial charge in [0.25, 0.3) is 5.88 Å². The van der Waals surface area contributed by atoms with Crippen LogP contribution in [0.4, 0.5) is 0 Å². The van der Waals surface area contributed by atoms with Gasteiger partial charge >= 0.3 is 5.65 Å². The molecule has 9 heteroatoms. The van der Waals surface area contributed by atoms with Crippen LogP contribution in [0, 0.1) is 5.41 Å². The van der Waals surface area contributed by atoms with Crippen LogP contribution in [0.1, 0.15) is 63.4 Å². The molecular weight excluding hydrogens is 434 g/mol. The Morgan fingerprint density at radius 3 is 2.56 bits per heavy atom. The van der Waals surface area contributed by atoms with Gasteiger partial charge in [0.1, 0.15) is 18.5 Å². The third-order valence-corrected chi connectivity index (χ3v) is 5.61. The molecule has 0 radical (unpaired) electrons. The third-order valence-electron chi connectivity index (χ3n) is 5.61. The Labute approximate surface area is 200 Å². The molecule has 0 aliphatic rings. The predicted octanol–water partition coefficient (Wildman–Crippen LogP) is 2.83. The molecule has 34 heavy (non-hydrogen) atoms. The zero-order valence-electron chi connectivity index (χ0n) is 20.9. The zero-order valence-corrected chi connectivity index (χ0v) is 20.9. The molecule has 0 atom stereocenters. The highest BCUT2D eigenvalue weighted by atomic mass is 16.5. The van der Waals surface area contributed by atoms with E-state index >= 15 is 0 Å². The van der Waals surface area contributed by atoms with Crippen molar-refractivity contribution in [1.29, 1.82) is 5.41 Å². The van der Waals surface area contributed by atoms with Crippen molar-refractivity contribution >= 4 is 11.4 Å². The molecule has 0 saturated carbocycles. The van der Waals surface area contributed by atoms with Gasteiger partial charge < -0.3 is 19.6 Å². The molecule has 0 amide bonds. The van der Waals surface area contributed by atoms with Gasteiger partial charge in [0.05, 0.1) is 6.61 Å². The van der Waals surface area contributed by atoms with Crippen LogP contribution < -0.4 is 24.9 Å². The lowest BCUT2D eigenvalue weighted by Crippen LogP contribution is -2.43. The molecule has 3 rings (SSSR count). The number of carbonyl (C=O) groups excluding carboxylic acids is 1. The summed E-state index contributed by atoms with van der Waals surface area (Å²) < 4.78 is 19.6. The van der Waals surface area contributed by atoms with Crippen LogP contribution in [0.2, 0.25) is 0 Å². The Balaban J connectivity index is 1.89. The molecule has 3 aromatic rings. The molecule has 2 heterocycles. The SMILES string of the molecule is CCC(CC)Oc1ccc2n(n1)c(=N)[n-][n+]2CC(=O)c1cc(OCCOC)cc(C(C)(C)C)c1. The van der Waals surface area contributed by atoms with Crippen LogP contribution in [-0.2, 0) is 16.7 Å². The van der Waals surface area contributed by atoms with Crippen LogP contribution in [0.5, 0.6) is 11.6 Å². The summed E-state index contributed by atoms with van der Waals surface area (Å²) in [6.45, 7) is 11.2. The first-order valence-electron chi connectivity index (χ1n) is 11.6. The molecule has 0 aliphatic heterocycles. The molecule has 0 unspecified atom stereocenters. The van der Waals surface area contributed by atoms with Crippen molar-refractivity contribution in [2.75, 3.05) is 20.3 Å². The Morgan fingerprint density at radius 1 is 1.18 bits per heavy atom. The van der Waals surface area contributed by atoms with Crippen molar-refractivity contribution in [2.24, 2.45) is 0 Å². The van der Waals surface area contributed by atoms with Gasteiger partial charge in [0.15, 0.2) is 6.54 Å². The van der Waals surface area contributed by atoms with Crippen LogP contribution in [-0.4, -0.2) is 41.8 Å². The van der Waals surface area contributed by atoms with E-state index in [1.165, 1.54) is 9.20 Å². The summed E-state index contributed by atoms with van der Waals surface area (Å²) in [6.07, 6.45) is 1.80. The number of aromatic nitrogens is 4. The van der Waals surface area contributed by atoms with E-state index in [2.05, 4.69) is 44.8 Å². The largest absolute Gasteiger partial charge is 0.491 e. The van der Waals surface area contributed by atoms with Gasteiger partial charge in [-0.05, 0) is 47.1 Å². The normalized spacial score (nSPS) is 11.9. The van der Waals surface area contributed by atoms with E-state index in [0.717, 1.165) is 18.4 Å². The summed E-state index contributed by atoms with van der Waals surface area (Å²) in [4.78, 5) is 13.3. The number of ketones is 1. The summed E-state index contributed by atoms with van der Waals surface area (Å²) in [5, 5.41) is 16.8. The monoisotopic (exact) mass is 469 g/mol. The zero-order chi connectivity index (χ0) is 24.9. The summed E-state index contributed by atoms with van der Waals surface area (Å²) >= 11 is 0. The summed E-state index contributed by atoms with van der Waals surface area (Å²) in [5.41, 5.74) is 1.84. The Morgan fingerprint density at radius 2 is 1.91 bits per heavy atom. The van der Waals surface area contributed by atoms with E-state index in [-0.39, 0.29) is 29.5 Å². The van der Waals surface area contributed by atoms with Crippen LogP contribution in [0.15, 0.2) is 30.3 Å². The number of methoxy groups -OCH3 is 1. The molecule has 0 spiro atoms. The second-order valence-corrected chi connectivity index (χ2v) is 9.24. The molecule has 0 fully saturated rings. The second kappa shape index (κ2) is 10.8. The fourth-order valence-electron chi connectivity index (χ4n) is 3.51. The summed E-state index contributed by atoms with van der Waals surface area (Å²) in [7, 11) is 1.62. The minimum absolute atomic E-state index is 0.0259. The van der Waals surface area contributed by atoms with E-state index in [4.69, 9.17) is 19.6 Å². The minimum Gasteiger partial charge on any atom is -0.491 e. The molecule has 0 saturated heterocycles. The Kier molecular flexibility index (Phi) is 8.09. The van der Waals surface area contributed by atoms with E-state index in [1.54, 1.807) is 25.3 Å². The fourth-order valence-corrected chi connectivity index (χ4v) is 3.51. The molecule has 9 nitrogen and oxygen atoms in total. The number of ether oxygens (including phenoxy) is 3. The first-order valence-corrected chi connectivity index (χ1v) is 11.6. The van der Waals surface area contributed by atoms with E-state index in [9.17, 15) is 4.79 Å². The number of hydrogen-bond acceptors (Lipinski definition) is 6. The van der Waals surface area contributed by atoms with Gasteiger partial charge in [-0.2, -0.15) is 9.78 Å². The molecule has 1 N–H and O–H groups in total. The Hall–Kier alpha value is -3.20. The highest BCUT2D eigenvalue weighted by Gasteiger charge is 2.22. The molecule has 1 aromatic carbocycles. The van der Waals surface area contributed by atoms with Crippen LogP contribution in [0.3, 0.4) is 0 Å². The van der Waals surface area contributed by atoms with Gasteiger partial charge in [0.2, 0.25) is 11.4 Å². The lowest BCUT2D eigenvalue weighted by Gasteiger charge is -2.21. The molecule has 0 bridgehead atoms. The number of carbonyl (C=O) groups is 1. The first-order chi connectivity index (χ1) is 16.2. The van der Waals surface area contributed by atoms with E-state index < -0.39 is 0 Å². The van der Waals surface area contributed by atoms with Gasteiger partial charge in [-0.15, -0.1) is 0 Å². The number of benzene rings is 1. The van der Waals surface area contributed by atoms with Crippen molar-refractivity contribution in [1.82, 2.24) is 14.7 Å². The average molecular weight is 470 g/mol. The fraction of sp³-hybridized carbons (Fsp3) is 0.520. The standard InChI is InChI=1S/C25H35N5O4/c1-7-19(8-2)34-22-9-10-23-29(28-24(26)30(23)27-22)16-21(31)17-13-18(25(3,4)5)15-20(14-17)33-12-11-32-6/h9-10,13-15,19,26H,7-8,11-12,16H2,1-6H3. The second-order valence-electron chi connectivity index (χ2n) is 9.24. The highest BCUT2D eigenvalue weighted by Crippen LogP contribution is 2.28. The number of rotatable bonds is 11. The lowest BCUT2D eigenvalue weighted by atomic mass is 9.85. The van der Waals surface area contributed by atoms with Crippen molar-refractivity contribution < 1.29 is 23.7 Å². The number of fused-ring (bicyclic) bond motifs is 1. The van der Waals surface area contributed by atoms with Gasteiger partial charge in [-0.1, -0.05) is 39.1 Å². The first kappa shape index (κ1) is 25.4. The molecule has 2 aromatic heterocycles. The smallest absolute Gasteiger partial charge is 0.317 e. The number of hydrogen-bond donors (Lipinski definition) is 1. The topological polar surface area (TPSA) is 104 Å². The van der Waals surface area contributed by atoms with Crippen molar-refractivity contribution in [3.63, 3.8) is 0 Å². The third kappa shape index (κ3) is 6.02. The number of nitrogens with one attached hydrogen (secondary N) is 1. The van der Waals surface area contributed by atoms with Crippen LogP contribution >= 0.6 is 0 Å². The maximum atomic E-state index is 13.3. The number of Topliss-reactive ketones (excluding diaryl/α,β-unsaturated/α-hetero) is 1. The predicted molar refractivity (Wildman–Crippen MR) is 126 cm³/mol. The Bertz CT molecular complexity index is 1190. The van der Waals surface area contributed by atoms with E-state index in [0.29, 0.717) is 36.1 Å². The van der Waals surface area contributed by atoms with E-state index in [1.807, 2.05) is 12.1 Å². The lowest BCUT2D eigenvalue weighted by molar-refractivity contribution is -0.721.